The molecule has 4 unspecified atom stereocenters. The van der Waals surface area contributed by atoms with E-state index in [0.717, 1.165) is 6.42 Å². The molecule has 4 atom stereocenters. The summed E-state index contributed by atoms with van der Waals surface area (Å²) >= 11 is 2.15. The number of hydrogen-bond donors (Lipinski definition) is 1. The molecule has 2 nitrogen and oxygen atoms in total. The lowest BCUT2D eigenvalue weighted by atomic mass is 9.92. The first-order valence-electron chi connectivity index (χ1n) is 6.40. The van der Waals surface area contributed by atoms with Gasteiger partial charge in [-0.15, -0.1) is 0 Å². The number of rotatable bonds is 2. The molecule has 0 aromatic carbocycles. The Kier molecular flexibility index (Phi) is 3.97. The van der Waals surface area contributed by atoms with Gasteiger partial charge in [-0.25, -0.2) is 0 Å². The molecule has 15 heavy (non-hydrogen) atoms. The fourth-order valence-electron chi connectivity index (χ4n) is 3.09. The molecule has 1 heterocycles. The maximum Gasteiger partial charge on any atom is 0.0472 e. The molecule has 0 bridgehead atoms. The summed E-state index contributed by atoms with van der Waals surface area (Å²) in [5, 5.41) is 13.3. The van der Waals surface area contributed by atoms with Gasteiger partial charge in [-0.1, -0.05) is 26.7 Å². The van der Waals surface area contributed by atoms with E-state index in [1.807, 2.05) is 0 Å². The maximum atomic E-state index is 10.3. The van der Waals surface area contributed by atoms with Gasteiger partial charge in [0.2, 0.25) is 0 Å². The van der Waals surface area contributed by atoms with Crippen LogP contribution in [0.5, 0.6) is 0 Å². The topological polar surface area (TPSA) is 23.5 Å². The zero-order chi connectivity index (χ0) is 10.8. The van der Waals surface area contributed by atoms with Gasteiger partial charge in [0, 0.05) is 22.6 Å². The second-order valence-corrected chi connectivity index (χ2v) is 6.31. The van der Waals surface area contributed by atoms with Crippen molar-refractivity contribution >= 4 is 11.8 Å². The van der Waals surface area contributed by atoms with Gasteiger partial charge >= 0.3 is 0 Å². The van der Waals surface area contributed by atoms with Gasteiger partial charge in [-0.3, -0.25) is 0 Å². The third-order valence-corrected chi connectivity index (χ3v) is 5.84. The van der Waals surface area contributed by atoms with Crippen LogP contribution in [0, 0.1) is 0 Å². The molecule has 1 saturated carbocycles. The highest BCUT2D eigenvalue weighted by Gasteiger charge is 2.42. The monoisotopic (exact) mass is 229 g/mol. The van der Waals surface area contributed by atoms with Gasteiger partial charge < -0.3 is 5.21 Å². The Labute approximate surface area is 97.4 Å². The molecule has 1 aliphatic heterocycles. The fraction of sp³-hybridized carbons (Fsp3) is 1.00. The van der Waals surface area contributed by atoms with E-state index in [9.17, 15) is 5.21 Å². The van der Waals surface area contributed by atoms with Crippen LogP contribution in [0.15, 0.2) is 0 Å². The van der Waals surface area contributed by atoms with Crippen LogP contribution in [-0.4, -0.2) is 32.9 Å². The minimum Gasteiger partial charge on any atom is -0.313 e. The van der Waals surface area contributed by atoms with Crippen LogP contribution in [0.4, 0.5) is 0 Å². The maximum absolute atomic E-state index is 10.3. The molecule has 1 saturated heterocycles. The van der Waals surface area contributed by atoms with Crippen molar-refractivity contribution in [2.45, 2.75) is 75.0 Å². The van der Waals surface area contributed by atoms with Gasteiger partial charge in [0.1, 0.15) is 0 Å². The highest BCUT2D eigenvalue weighted by Crippen LogP contribution is 2.42. The van der Waals surface area contributed by atoms with Crippen LogP contribution < -0.4 is 0 Å². The molecule has 0 spiro atoms. The second kappa shape index (κ2) is 5.07. The van der Waals surface area contributed by atoms with Gasteiger partial charge in [0.25, 0.3) is 0 Å². The lowest BCUT2D eigenvalue weighted by Crippen LogP contribution is -2.55. The Morgan fingerprint density at radius 2 is 1.93 bits per heavy atom. The van der Waals surface area contributed by atoms with E-state index >= 15 is 0 Å². The molecule has 1 N–H and O–H groups in total. The van der Waals surface area contributed by atoms with E-state index in [1.54, 1.807) is 5.06 Å². The van der Waals surface area contributed by atoms with Crippen molar-refractivity contribution in [3.8, 4) is 0 Å². The van der Waals surface area contributed by atoms with Gasteiger partial charge in [0.05, 0.1) is 0 Å². The number of thioether (sulfide) groups is 1. The van der Waals surface area contributed by atoms with Gasteiger partial charge in [0.15, 0.2) is 0 Å². The predicted molar refractivity (Wildman–Crippen MR) is 65.4 cm³/mol. The number of hydroxylamine groups is 2. The van der Waals surface area contributed by atoms with Gasteiger partial charge in [-0.2, -0.15) is 16.8 Å². The molecular formula is C12H23NOS. The Morgan fingerprint density at radius 3 is 2.60 bits per heavy atom. The number of hydrogen-bond acceptors (Lipinski definition) is 3. The normalized spacial score (nSPS) is 42.6. The Balaban J connectivity index is 2.09. The van der Waals surface area contributed by atoms with E-state index in [1.165, 1.54) is 32.1 Å². The zero-order valence-corrected chi connectivity index (χ0v) is 10.7. The van der Waals surface area contributed by atoms with Crippen molar-refractivity contribution in [2.75, 3.05) is 0 Å². The van der Waals surface area contributed by atoms with E-state index in [4.69, 9.17) is 0 Å². The first-order chi connectivity index (χ1) is 7.27. The first-order valence-corrected chi connectivity index (χ1v) is 7.34. The third kappa shape index (κ3) is 2.20. The SMILES string of the molecule is CCC1SC2CCCCC2N(O)C1CC. The van der Waals surface area contributed by atoms with Crippen molar-refractivity contribution < 1.29 is 5.21 Å². The van der Waals surface area contributed by atoms with Crippen LogP contribution >= 0.6 is 11.8 Å². The zero-order valence-electron chi connectivity index (χ0n) is 9.85. The van der Waals surface area contributed by atoms with Crippen LogP contribution in [0.1, 0.15) is 52.4 Å². The van der Waals surface area contributed by atoms with Gasteiger partial charge in [-0.05, 0) is 25.7 Å². The molecule has 2 fully saturated rings. The summed E-state index contributed by atoms with van der Waals surface area (Å²) in [5.74, 6) is 0. The number of nitrogens with zero attached hydrogens (tertiary/aromatic N) is 1. The van der Waals surface area contributed by atoms with E-state index < -0.39 is 0 Å². The molecule has 3 heteroatoms. The highest BCUT2D eigenvalue weighted by atomic mass is 32.2. The van der Waals surface area contributed by atoms with Crippen LogP contribution in [0.25, 0.3) is 0 Å². The quantitative estimate of drug-likeness (QED) is 0.786. The Bertz CT molecular complexity index is 206. The molecule has 0 aromatic heterocycles. The number of fused-ring (bicyclic) bond motifs is 1. The summed E-state index contributed by atoms with van der Waals surface area (Å²) in [5.41, 5.74) is 0. The van der Waals surface area contributed by atoms with E-state index in [-0.39, 0.29) is 0 Å². The van der Waals surface area contributed by atoms with E-state index in [0.29, 0.717) is 22.6 Å². The average Bonchev–Trinajstić information content (AvgIpc) is 2.29. The van der Waals surface area contributed by atoms with E-state index in [2.05, 4.69) is 25.6 Å². The summed E-state index contributed by atoms with van der Waals surface area (Å²) in [4.78, 5) is 0. The smallest absolute Gasteiger partial charge is 0.0472 e. The fourth-order valence-corrected chi connectivity index (χ4v) is 4.97. The molecular weight excluding hydrogens is 206 g/mol. The Hall–Kier alpha value is 0.270. The molecule has 0 radical (unpaired) electrons. The lowest BCUT2D eigenvalue weighted by Gasteiger charge is -2.48. The molecule has 0 aromatic rings. The summed E-state index contributed by atoms with van der Waals surface area (Å²) in [6, 6.07) is 0.829. The first kappa shape index (κ1) is 11.7. The van der Waals surface area contributed by atoms with Crippen molar-refractivity contribution in [1.82, 2.24) is 5.06 Å². The average molecular weight is 229 g/mol. The molecule has 1 aliphatic carbocycles. The largest absolute Gasteiger partial charge is 0.313 e. The summed E-state index contributed by atoms with van der Waals surface area (Å²) < 4.78 is 0. The third-order valence-electron chi connectivity index (χ3n) is 3.95. The molecule has 2 aliphatic rings. The predicted octanol–water partition coefficient (Wildman–Crippen LogP) is 3.29. The summed E-state index contributed by atoms with van der Waals surface area (Å²) in [6.45, 7) is 4.44. The van der Waals surface area contributed by atoms with Crippen molar-refractivity contribution in [3.63, 3.8) is 0 Å². The van der Waals surface area contributed by atoms with Crippen molar-refractivity contribution in [1.29, 1.82) is 0 Å². The molecule has 0 amide bonds. The second-order valence-electron chi connectivity index (χ2n) is 4.83. The van der Waals surface area contributed by atoms with Crippen LogP contribution in [-0.2, 0) is 0 Å². The summed E-state index contributed by atoms with van der Waals surface area (Å²) in [6.07, 6.45) is 7.41. The standard InChI is InChI=1S/C12H23NOS/c1-3-9-11(4-2)15-12-8-6-5-7-10(12)13(9)14/h9-12,14H,3-8H2,1-2H3. The van der Waals surface area contributed by atoms with Crippen LogP contribution in [0.3, 0.4) is 0 Å². The minimum atomic E-state index is 0.388. The molecule has 2 rings (SSSR count). The molecule has 88 valence electrons. The van der Waals surface area contributed by atoms with Crippen LogP contribution in [0.2, 0.25) is 0 Å². The van der Waals surface area contributed by atoms with Crippen molar-refractivity contribution in [3.05, 3.63) is 0 Å². The van der Waals surface area contributed by atoms with Crippen molar-refractivity contribution in [2.24, 2.45) is 0 Å². The Morgan fingerprint density at radius 1 is 1.20 bits per heavy atom. The lowest BCUT2D eigenvalue weighted by molar-refractivity contribution is -0.170. The minimum absolute atomic E-state index is 0.388. The summed E-state index contributed by atoms with van der Waals surface area (Å²) in [7, 11) is 0. The highest BCUT2D eigenvalue weighted by molar-refractivity contribution is 8.00.